The number of hydrogen-bond donors (Lipinski definition) is 1. The zero-order valence-electron chi connectivity index (χ0n) is 11.4. The summed E-state index contributed by atoms with van der Waals surface area (Å²) in [5.41, 5.74) is 3.17. The van der Waals surface area contributed by atoms with Crippen LogP contribution in [0.4, 0.5) is 11.4 Å². The van der Waals surface area contributed by atoms with E-state index in [2.05, 4.69) is 16.4 Å². The average Bonchev–Trinajstić information content (AvgIpc) is 2.93. The van der Waals surface area contributed by atoms with Gasteiger partial charge in [0, 0.05) is 36.7 Å². The van der Waals surface area contributed by atoms with Gasteiger partial charge in [0.2, 0.25) is 5.91 Å². The van der Waals surface area contributed by atoms with E-state index in [1.54, 1.807) is 17.3 Å². The number of nitrogens with one attached hydrogen (secondary N) is 1. The van der Waals surface area contributed by atoms with Crippen molar-refractivity contribution in [1.29, 1.82) is 0 Å². The van der Waals surface area contributed by atoms with Gasteiger partial charge in [-0.3, -0.25) is 9.78 Å². The van der Waals surface area contributed by atoms with Crippen LogP contribution < -0.4 is 10.2 Å². The summed E-state index contributed by atoms with van der Waals surface area (Å²) in [5.74, 6) is 0.106. The number of pyridine rings is 1. The molecular weight excluding hydrogens is 250 g/mol. The fourth-order valence-corrected chi connectivity index (χ4v) is 2.62. The summed E-state index contributed by atoms with van der Waals surface area (Å²) in [6, 6.07) is 11.6. The molecule has 0 bridgehead atoms. The Morgan fingerprint density at radius 1 is 1.30 bits per heavy atom. The fourth-order valence-electron chi connectivity index (χ4n) is 2.62. The molecule has 102 valence electrons. The number of anilines is 2. The van der Waals surface area contributed by atoms with Gasteiger partial charge in [0.15, 0.2) is 0 Å². The van der Waals surface area contributed by atoms with Crippen LogP contribution in [0.2, 0.25) is 0 Å². The molecule has 1 aromatic carbocycles. The number of amides is 1. The van der Waals surface area contributed by atoms with Crippen LogP contribution in [0.5, 0.6) is 0 Å². The monoisotopic (exact) mass is 267 g/mol. The van der Waals surface area contributed by atoms with E-state index in [9.17, 15) is 4.79 Å². The zero-order chi connectivity index (χ0) is 13.9. The smallest absolute Gasteiger partial charge is 0.249 e. The molecule has 0 radical (unpaired) electrons. The van der Waals surface area contributed by atoms with Crippen LogP contribution in [0.3, 0.4) is 0 Å². The predicted octanol–water partition coefficient (Wildman–Crippen LogP) is 2.47. The number of benzene rings is 1. The summed E-state index contributed by atoms with van der Waals surface area (Å²) >= 11 is 0. The number of rotatable bonds is 3. The molecule has 3 rings (SSSR count). The van der Waals surface area contributed by atoms with Gasteiger partial charge in [0.05, 0.1) is 0 Å². The Kier molecular flexibility index (Phi) is 3.37. The molecule has 1 atom stereocenters. The van der Waals surface area contributed by atoms with Crippen molar-refractivity contribution in [3.8, 4) is 0 Å². The number of hydrogen-bond acceptors (Lipinski definition) is 3. The quantitative estimate of drug-likeness (QED) is 0.929. The van der Waals surface area contributed by atoms with Gasteiger partial charge in [-0.1, -0.05) is 18.2 Å². The number of likely N-dealkylation sites (N-methyl/N-ethyl adjacent to an activating group) is 1. The Morgan fingerprint density at radius 3 is 2.75 bits per heavy atom. The molecule has 1 aliphatic heterocycles. The number of carbonyl (C=O) groups is 1. The topological polar surface area (TPSA) is 45.2 Å². The molecule has 2 aromatic rings. The van der Waals surface area contributed by atoms with Crippen LogP contribution in [0.1, 0.15) is 12.5 Å². The molecule has 2 heterocycles. The first-order valence-electron chi connectivity index (χ1n) is 6.85. The lowest BCUT2D eigenvalue weighted by Crippen LogP contribution is -2.42. The minimum Gasteiger partial charge on any atom is -0.373 e. The molecule has 1 aliphatic rings. The second-order valence-electron chi connectivity index (χ2n) is 4.85. The maximum absolute atomic E-state index is 12.7. The highest BCUT2D eigenvalue weighted by molar-refractivity contribution is 6.00. The lowest BCUT2D eigenvalue weighted by molar-refractivity contribution is -0.119. The van der Waals surface area contributed by atoms with Gasteiger partial charge in [-0.2, -0.15) is 0 Å². The molecule has 0 aliphatic carbocycles. The van der Waals surface area contributed by atoms with Gasteiger partial charge in [-0.25, -0.2) is 0 Å². The maximum Gasteiger partial charge on any atom is 0.249 e. The van der Waals surface area contributed by atoms with E-state index in [-0.39, 0.29) is 11.9 Å². The van der Waals surface area contributed by atoms with E-state index < -0.39 is 0 Å². The molecule has 0 fully saturated rings. The molecule has 4 nitrogen and oxygen atoms in total. The summed E-state index contributed by atoms with van der Waals surface area (Å²) in [7, 11) is 0. The third kappa shape index (κ3) is 2.25. The third-order valence-corrected chi connectivity index (χ3v) is 3.63. The standard InChI is InChI=1S/C16H17N3O/c1-2-19(13-7-9-17-10-8-13)16(20)15-11-12-5-3-4-6-14(12)18-15/h3-10,15,18H,2,11H2,1H3. The first-order chi connectivity index (χ1) is 9.79. The van der Waals surface area contributed by atoms with E-state index in [0.717, 1.165) is 17.8 Å². The van der Waals surface area contributed by atoms with Crippen molar-refractivity contribution in [3.05, 3.63) is 54.4 Å². The number of fused-ring (bicyclic) bond motifs is 1. The molecule has 1 aromatic heterocycles. The molecular formula is C16H17N3O. The van der Waals surface area contributed by atoms with Gasteiger partial charge < -0.3 is 10.2 Å². The van der Waals surface area contributed by atoms with E-state index in [1.807, 2.05) is 37.3 Å². The van der Waals surface area contributed by atoms with Gasteiger partial charge in [-0.15, -0.1) is 0 Å². The van der Waals surface area contributed by atoms with Gasteiger partial charge in [-0.05, 0) is 30.7 Å². The highest BCUT2D eigenvalue weighted by Crippen LogP contribution is 2.27. The van der Waals surface area contributed by atoms with Crippen molar-refractivity contribution < 1.29 is 4.79 Å². The number of carbonyl (C=O) groups excluding carboxylic acids is 1. The van der Waals surface area contributed by atoms with E-state index in [1.165, 1.54) is 5.56 Å². The SMILES string of the molecule is CCN(C(=O)C1Cc2ccccc2N1)c1ccncc1. The normalized spacial score (nSPS) is 16.4. The van der Waals surface area contributed by atoms with Crippen molar-refractivity contribution in [3.63, 3.8) is 0 Å². The van der Waals surface area contributed by atoms with Crippen LogP contribution >= 0.6 is 0 Å². The van der Waals surface area contributed by atoms with Crippen LogP contribution in [0.25, 0.3) is 0 Å². The van der Waals surface area contributed by atoms with Gasteiger partial charge >= 0.3 is 0 Å². The first kappa shape index (κ1) is 12.7. The molecule has 20 heavy (non-hydrogen) atoms. The molecule has 0 spiro atoms. The minimum absolute atomic E-state index is 0.106. The van der Waals surface area contributed by atoms with Crippen molar-refractivity contribution in [1.82, 2.24) is 4.98 Å². The lowest BCUT2D eigenvalue weighted by Gasteiger charge is -2.24. The van der Waals surface area contributed by atoms with Gasteiger partial charge in [0.25, 0.3) is 0 Å². The number of nitrogens with zero attached hydrogens (tertiary/aromatic N) is 2. The van der Waals surface area contributed by atoms with Crippen LogP contribution in [0, 0.1) is 0 Å². The van der Waals surface area contributed by atoms with Crippen molar-refractivity contribution in [2.24, 2.45) is 0 Å². The van der Waals surface area contributed by atoms with E-state index in [4.69, 9.17) is 0 Å². The molecule has 4 heteroatoms. The maximum atomic E-state index is 12.7. The molecule has 1 N–H and O–H groups in total. The number of para-hydroxylation sites is 1. The Bertz CT molecular complexity index is 587. The van der Waals surface area contributed by atoms with Crippen LogP contribution in [0.15, 0.2) is 48.8 Å². The number of aromatic nitrogens is 1. The summed E-state index contributed by atoms with van der Waals surface area (Å²) in [4.78, 5) is 18.5. The Morgan fingerprint density at radius 2 is 2.05 bits per heavy atom. The second-order valence-corrected chi connectivity index (χ2v) is 4.85. The van der Waals surface area contributed by atoms with Crippen molar-refractivity contribution >= 4 is 17.3 Å². The highest BCUT2D eigenvalue weighted by atomic mass is 16.2. The second kappa shape index (κ2) is 5.33. The van der Waals surface area contributed by atoms with Crippen LogP contribution in [-0.4, -0.2) is 23.5 Å². The van der Waals surface area contributed by atoms with E-state index >= 15 is 0 Å². The average molecular weight is 267 g/mol. The summed E-state index contributed by atoms with van der Waals surface area (Å²) in [6.45, 7) is 2.64. The summed E-state index contributed by atoms with van der Waals surface area (Å²) in [6.07, 6.45) is 4.17. The van der Waals surface area contributed by atoms with E-state index in [0.29, 0.717) is 6.54 Å². The Labute approximate surface area is 118 Å². The molecule has 0 saturated heterocycles. The minimum atomic E-state index is -0.180. The zero-order valence-corrected chi connectivity index (χ0v) is 11.4. The Hall–Kier alpha value is -2.36. The van der Waals surface area contributed by atoms with Crippen molar-refractivity contribution in [2.75, 3.05) is 16.8 Å². The fraction of sp³-hybridized carbons (Fsp3) is 0.250. The molecule has 1 unspecified atom stereocenters. The summed E-state index contributed by atoms with van der Waals surface area (Å²) < 4.78 is 0. The predicted molar refractivity (Wildman–Crippen MR) is 79.8 cm³/mol. The van der Waals surface area contributed by atoms with Crippen LogP contribution in [-0.2, 0) is 11.2 Å². The summed E-state index contributed by atoms with van der Waals surface area (Å²) in [5, 5.41) is 3.31. The molecule has 0 saturated carbocycles. The lowest BCUT2D eigenvalue weighted by atomic mass is 10.1. The highest BCUT2D eigenvalue weighted by Gasteiger charge is 2.29. The van der Waals surface area contributed by atoms with Gasteiger partial charge in [0.1, 0.15) is 6.04 Å². The largest absolute Gasteiger partial charge is 0.373 e. The first-order valence-corrected chi connectivity index (χ1v) is 6.85. The van der Waals surface area contributed by atoms with Crippen molar-refractivity contribution in [2.45, 2.75) is 19.4 Å². The third-order valence-electron chi connectivity index (χ3n) is 3.63. The Balaban J connectivity index is 1.80. The molecule has 1 amide bonds.